The maximum atomic E-state index is 12.2. The molecule has 0 aliphatic carbocycles. The van der Waals surface area contributed by atoms with E-state index >= 15 is 0 Å². The number of aryl methyl sites for hydroxylation is 1. The average Bonchev–Trinajstić information content (AvgIpc) is 2.27. The number of aromatic nitrogens is 2. The fourth-order valence-electron chi connectivity index (χ4n) is 0.956. The van der Waals surface area contributed by atoms with Crippen molar-refractivity contribution in [3.63, 3.8) is 0 Å². The van der Waals surface area contributed by atoms with Crippen LogP contribution in [0.4, 0.5) is 17.1 Å². The minimum Gasteiger partial charge on any atom is -0.271 e. The summed E-state index contributed by atoms with van der Waals surface area (Å²) in [5.41, 5.74) is -1.60. The molecule has 86 valence electrons. The Kier molecular flexibility index (Phi) is 2.77. The molecule has 0 N–H and O–H groups in total. The van der Waals surface area contributed by atoms with Crippen molar-refractivity contribution in [2.75, 3.05) is 0 Å². The van der Waals surface area contributed by atoms with E-state index in [9.17, 15) is 25.5 Å². The van der Waals surface area contributed by atoms with Crippen LogP contribution >= 0.6 is 0 Å². The van der Waals surface area contributed by atoms with Gasteiger partial charge >= 0.3 is 16.4 Å². The summed E-state index contributed by atoms with van der Waals surface area (Å²) in [4.78, 5) is 0. The molecule has 0 saturated heterocycles. The zero-order valence-corrected chi connectivity index (χ0v) is 8.23. The first-order valence-corrected chi connectivity index (χ1v) is 5.17. The van der Waals surface area contributed by atoms with Crippen LogP contribution in [0, 0.1) is 0 Å². The molecule has 1 aromatic rings. The zero-order valence-electron chi connectivity index (χ0n) is 7.42. The van der Waals surface area contributed by atoms with Gasteiger partial charge in [-0.1, -0.05) is 0 Å². The number of alkyl halides is 3. The van der Waals surface area contributed by atoms with E-state index in [1.165, 1.54) is 0 Å². The molecule has 1 heterocycles. The van der Waals surface area contributed by atoms with Crippen LogP contribution in [0.1, 0.15) is 11.4 Å². The van der Waals surface area contributed by atoms with Gasteiger partial charge in [0.1, 0.15) is 5.75 Å². The molecule has 4 nitrogen and oxygen atoms in total. The largest absolute Gasteiger partial charge is 0.435 e. The minimum atomic E-state index is -4.86. The third kappa shape index (κ3) is 3.18. The van der Waals surface area contributed by atoms with Gasteiger partial charge in [0.15, 0.2) is 5.69 Å². The van der Waals surface area contributed by atoms with Crippen LogP contribution in [0.3, 0.4) is 0 Å². The quantitative estimate of drug-likeness (QED) is 0.582. The van der Waals surface area contributed by atoms with Crippen molar-refractivity contribution in [3.05, 3.63) is 17.5 Å². The van der Waals surface area contributed by atoms with Gasteiger partial charge in [-0.15, -0.1) is 3.89 Å². The molecule has 15 heavy (non-hydrogen) atoms. The molecule has 0 bridgehead atoms. The van der Waals surface area contributed by atoms with E-state index in [4.69, 9.17) is 0 Å². The van der Waals surface area contributed by atoms with E-state index in [1.54, 1.807) is 0 Å². The molecule has 0 aliphatic rings. The van der Waals surface area contributed by atoms with Crippen LogP contribution in [0.15, 0.2) is 6.07 Å². The number of nitrogens with zero attached hydrogens (tertiary/aromatic N) is 2. The lowest BCUT2D eigenvalue weighted by molar-refractivity contribution is -0.141. The van der Waals surface area contributed by atoms with Crippen LogP contribution in [0.25, 0.3) is 0 Å². The molecule has 1 rings (SSSR count). The Morgan fingerprint density at radius 2 is 2.00 bits per heavy atom. The second-order valence-corrected chi connectivity index (χ2v) is 4.19. The van der Waals surface area contributed by atoms with Crippen molar-refractivity contribution in [2.24, 2.45) is 7.05 Å². The molecule has 0 saturated carbocycles. The van der Waals surface area contributed by atoms with Gasteiger partial charge in [-0.3, -0.25) is 4.68 Å². The smallest absolute Gasteiger partial charge is 0.271 e. The maximum absolute atomic E-state index is 12.2. The van der Waals surface area contributed by atoms with E-state index < -0.39 is 27.8 Å². The maximum Gasteiger partial charge on any atom is 0.435 e. The Balaban J connectivity index is 3.08. The summed E-state index contributed by atoms with van der Waals surface area (Å²) >= 11 is 0. The Labute approximate surface area is 82.7 Å². The molecule has 0 aromatic carbocycles. The number of halogens is 4. The Hall–Kier alpha value is -1.12. The van der Waals surface area contributed by atoms with Crippen LogP contribution in [0.2, 0.25) is 0 Å². The van der Waals surface area contributed by atoms with Crippen molar-refractivity contribution < 1.29 is 25.5 Å². The molecule has 0 fully saturated rings. The van der Waals surface area contributed by atoms with E-state index in [2.05, 4.69) is 5.10 Å². The molecule has 1 aromatic heterocycles. The number of hydrogen-bond acceptors (Lipinski definition) is 3. The van der Waals surface area contributed by atoms with Gasteiger partial charge < -0.3 is 0 Å². The van der Waals surface area contributed by atoms with E-state index in [0.717, 1.165) is 7.05 Å². The van der Waals surface area contributed by atoms with Crippen LogP contribution in [0.5, 0.6) is 0 Å². The van der Waals surface area contributed by atoms with Crippen molar-refractivity contribution in [3.8, 4) is 0 Å². The summed E-state index contributed by atoms with van der Waals surface area (Å²) in [7, 11) is -3.75. The second-order valence-electron chi connectivity index (χ2n) is 2.83. The highest BCUT2D eigenvalue weighted by Crippen LogP contribution is 2.28. The third-order valence-electron chi connectivity index (χ3n) is 1.59. The normalized spacial score (nSPS) is 13.1. The highest BCUT2D eigenvalue weighted by molar-refractivity contribution is 7.85. The molecule has 0 unspecified atom stereocenters. The Morgan fingerprint density at radius 3 is 2.33 bits per heavy atom. The summed E-state index contributed by atoms with van der Waals surface area (Å²) in [6.45, 7) is 0. The first-order chi connectivity index (χ1) is 6.59. The van der Waals surface area contributed by atoms with Gasteiger partial charge in [0.05, 0.1) is 5.69 Å². The van der Waals surface area contributed by atoms with Crippen molar-refractivity contribution >= 4 is 10.2 Å². The van der Waals surface area contributed by atoms with Gasteiger partial charge in [-0.2, -0.15) is 26.7 Å². The lowest BCUT2D eigenvalue weighted by Gasteiger charge is -1.99. The predicted molar refractivity (Wildman–Crippen MR) is 41.9 cm³/mol. The van der Waals surface area contributed by atoms with E-state index in [0.29, 0.717) is 10.7 Å². The summed E-state index contributed by atoms with van der Waals surface area (Å²) in [5, 5.41) is 3.03. The second kappa shape index (κ2) is 3.47. The van der Waals surface area contributed by atoms with Crippen LogP contribution in [-0.2, 0) is 29.2 Å². The fourth-order valence-corrected chi connectivity index (χ4v) is 1.58. The van der Waals surface area contributed by atoms with Crippen molar-refractivity contribution in [2.45, 2.75) is 11.9 Å². The molecule has 0 aliphatic heterocycles. The SMILES string of the molecule is Cn1nc(C(F)(F)F)cc1CS(=O)(=O)F. The molecule has 0 spiro atoms. The first-order valence-electron chi connectivity index (χ1n) is 3.62. The van der Waals surface area contributed by atoms with Crippen LogP contribution < -0.4 is 0 Å². The summed E-state index contributed by atoms with van der Waals surface area (Å²) in [6, 6.07) is 0.497. The standard InChI is InChI=1S/C6H6F4N2O2S/c1-12-4(3-15(10,13)14)2-5(11-12)6(7,8)9/h2H,3H2,1H3. The minimum absolute atomic E-state index is 0.357. The Morgan fingerprint density at radius 1 is 1.47 bits per heavy atom. The van der Waals surface area contributed by atoms with E-state index in [1.807, 2.05) is 0 Å². The molecule has 0 atom stereocenters. The van der Waals surface area contributed by atoms with Crippen molar-refractivity contribution in [1.82, 2.24) is 9.78 Å². The summed E-state index contributed by atoms with van der Waals surface area (Å²) in [6.07, 6.45) is -4.67. The van der Waals surface area contributed by atoms with Gasteiger partial charge in [0.2, 0.25) is 0 Å². The van der Waals surface area contributed by atoms with Gasteiger partial charge in [-0.05, 0) is 6.07 Å². The van der Waals surface area contributed by atoms with Gasteiger partial charge in [-0.25, -0.2) is 0 Å². The molecular formula is C6H6F4N2O2S. The third-order valence-corrected chi connectivity index (χ3v) is 2.23. The summed E-state index contributed by atoms with van der Waals surface area (Å²) < 4.78 is 69.6. The zero-order chi connectivity index (χ0) is 11.9. The molecule has 0 radical (unpaired) electrons. The first kappa shape index (κ1) is 12.0. The van der Waals surface area contributed by atoms with Gasteiger partial charge in [0.25, 0.3) is 0 Å². The van der Waals surface area contributed by atoms with E-state index in [-0.39, 0.29) is 5.69 Å². The number of hydrogen-bond donors (Lipinski definition) is 0. The highest BCUT2D eigenvalue weighted by Gasteiger charge is 2.35. The van der Waals surface area contributed by atoms with Gasteiger partial charge in [0, 0.05) is 7.05 Å². The average molecular weight is 246 g/mol. The summed E-state index contributed by atoms with van der Waals surface area (Å²) in [5.74, 6) is -1.12. The molecule has 9 heteroatoms. The highest BCUT2D eigenvalue weighted by atomic mass is 32.3. The topological polar surface area (TPSA) is 52.0 Å². The van der Waals surface area contributed by atoms with Crippen LogP contribution in [-0.4, -0.2) is 18.2 Å². The fraction of sp³-hybridized carbons (Fsp3) is 0.500. The molecule has 0 amide bonds. The molecular weight excluding hydrogens is 240 g/mol. The monoisotopic (exact) mass is 246 g/mol. The van der Waals surface area contributed by atoms with Crippen molar-refractivity contribution in [1.29, 1.82) is 0 Å². The lowest BCUT2D eigenvalue weighted by Crippen LogP contribution is -2.06. The number of rotatable bonds is 2. The Bertz CT molecular complexity index is 462. The predicted octanol–water partition coefficient (Wildman–Crippen LogP) is 1.24. The lowest BCUT2D eigenvalue weighted by atomic mass is 10.4.